The molecule has 0 aliphatic heterocycles. The molecule has 0 fully saturated rings. The molecule has 2 aromatic heterocycles. The molecule has 0 aliphatic rings. The summed E-state index contributed by atoms with van der Waals surface area (Å²) in [6, 6.07) is 22.3. The number of ether oxygens (including phenoxy) is 1. The summed E-state index contributed by atoms with van der Waals surface area (Å²) in [5, 5.41) is 2.29. The molecule has 0 saturated carbocycles. The van der Waals surface area contributed by atoms with Crippen LogP contribution >= 0.6 is 0 Å². The van der Waals surface area contributed by atoms with Crippen LogP contribution in [0, 0.1) is 0 Å². The molecule has 0 saturated heterocycles. The molecular weight excluding hydrogens is 284 g/mol. The average Bonchev–Trinajstić information content (AvgIpc) is 2.61. The Hall–Kier alpha value is -2.94. The Labute approximate surface area is 134 Å². The molecule has 112 valence electrons. The number of hydrogen-bond donors (Lipinski definition) is 0. The molecule has 0 aliphatic carbocycles. The fraction of sp³-hybridized carbons (Fsp3) is 0.100. The summed E-state index contributed by atoms with van der Waals surface area (Å²) in [5.74, 6) is 0.844. The van der Waals surface area contributed by atoms with Gasteiger partial charge >= 0.3 is 0 Å². The van der Waals surface area contributed by atoms with E-state index >= 15 is 0 Å². The SMILES string of the molecule is c1cnc2cc(OCCc3ccc4ccccc4n3)ccc2c1. The van der Waals surface area contributed by atoms with Gasteiger partial charge in [-0.25, -0.2) is 0 Å². The first kappa shape index (κ1) is 13.7. The maximum Gasteiger partial charge on any atom is 0.121 e. The number of nitrogens with zero attached hydrogens (tertiary/aromatic N) is 2. The lowest BCUT2D eigenvalue weighted by Gasteiger charge is -2.07. The van der Waals surface area contributed by atoms with E-state index in [4.69, 9.17) is 4.74 Å². The summed E-state index contributed by atoms with van der Waals surface area (Å²) in [6.45, 7) is 0.601. The fourth-order valence-electron chi connectivity index (χ4n) is 2.66. The molecule has 0 unspecified atom stereocenters. The van der Waals surface area contributed by atoms with Crippen molar-refractivity contribution in [2.45, 2.75) is 6.42 Å². The monoisotopic (exact) mass is 300 g/mol. The average molecular weight is 300 g/mol. The number of para-hydroxylation sites is 1. The predicted octanol–water partition coefficient (Wildman–Crippen LogP) is 4.40. The summed E-state index contributed by atoms with van der Waals surface area (Å²) in [5.41, 5.74) is 3.02. The van der Waals surface area contributed by atoms with Crippen molar-refractivity contribution < 1.29 is 4.74 Å². The Balaban J connectivity index is 1.45. The molecule has 0 N–H and O–H groups in total. The summed E-state index contributed by atoms with van der Waals surface area (Å²) < 4.78 is 5.85. The van der Waals surface area contributed by atoms with Crippen molar-refractivity contribution in [3.8, 4) is 5.75 Å². The van der Waals surface area contributed by atoms with Crippen molar-refractivity contribution in [2.75, 3.05) is 6.61 Å². The fourth-order valence-corrected chi connectivity index (χ4v) is 2.66. The highest BCUT2D eigenvalue weighted by Gasteiger charge is 2.01. The number of fused-ring (bicyclic) bond motifs is 2. The van der Waals surface area contributed by atoms with Gasteiger partial charge in [0.1, 0.15) is 5.75 Å². The van der Waals surface area contributed by atoms with E-state index in [2.05, 4.69) is 28.2 Å². The number of aromatic nitrogens is 2. The van der Waals surface area contributed by atoms with Crippen molar-refractivity contribution in [3.05, 3.63) is 78.6 Å². The first-order chi connectivity index (χ1) is 11.4. The Morgan fingerprint density at radius 1 is 0.783 bits per heavy atom. The van der Waals surface area contributed by atoms with Gasteiger partial charge in [-0.1, -0.05) is 30.3 Å². The number of rotatable bonds is 4. The predicted molar refractivity (Wildman–Crippen MR) is 92.7 cm³/mol. The van der Waals surface area contributed by atoms with Gasteiger partial charge in [-0.15, -0.1) is 0 Å². The zero-order valence-electron chi connectivity index (χ0n) is 12.6. The molecule has 0 amide bonds. The van der Waals surface area contributed by atoms with E-state index in [1.165, 1.54) is 0 Å². The molecule has 23 heavy (non-hydrogen) atoms. The van der Waals surface area contributed by atoms with Gasteiger partial charge in [0.2, 0.25) is 0 Å². The van der Waals surface area contributed by atoms with Crippen LogP contribution in [-0.4, -0.2) is 16.6 Å². The Morgan fingerprint density at radius 3 is 2.61 bits per heavy atom. The highest BCUT2D eigenvalue weighted by Crippen LogP contribution is 2.19. The van der Waals surface area contributed by atoms with Crippen LogP contribution in [-0.2, 0) is 6.42 Å². The van der Waals surface area contributed by atoms with Gasteiger partial charge in [-0.3, -0.25) is 9.97 Å². The zero-order valence-corrected chi connectivity index (χ0v) is 12.6. The van der Waals surface area contributed by atoms with E-state index in [0.29, 0.717) is 6.61 Å². The van der Waals surface area contributed by atoms with E-state index in [-0.39, 0.29) is 0 Å². The van der Waals surface area contributed by atoms with Gasteiger partial charge in [0, 0.05) is 35.2 Å². The normalized spacial score (nSPS) is 11.0. The second-order valence-electron chi connectivity index (χ2n) is 5.45. The lowest BCUT2D eigenvalue weighted by molar-refractivity contribution is 0.321. The van der Waals surface area contributed by atoms with Crippen molar-refractivity contribution >= 4 is 21.8 Å². The van der Waals surface area contributed by atoms with Crippen LogP contribution in [0.1, 0.15) is 5.69 Å². The Kier molecular flexibility index (Phi) is 3.60. The van der Waals surface area contributed by atoms with Gasteiger partial charge in [0.25, 0.3) is 0 Å². The topological polar surface area (TPSA) is 35.0 Å². The lowest BCUT2D eigenvalue weighted by Crippen LogP contribution is -2.03. The first-order valence-electron chi connectivity index (χ1n) is 7.71. The molecule has 3 heteroatoms. The van der Waals surface area contributed by atoms with E-state index in [1.807, 2.05) is 48.5 Å². The maximum absolute atomic E-state index is 5.85. The van der Waals surface area contributed by atoms with Crippen LogP contribution < -0.4 is 4.74 Å². The van der Waals surface area contributed by atoms with E-state index in [1.54, 1.807) is 6.20 Å². The third-order valence-corrected chi connectivity index (χ3v) is 3.86. The third kappa shape index (κ3) is 2.99. The lowest BCUT2D eigenvalue weighted by atomic mass is 10.2. The Bertz CT molecular complexity index is 886. The largest absolute Gasteiger partial charge is 0.493 e. The molecule has 2 heterocycles. The van der Waals surface area contributed by atoms with Gasteiger partial charge < -0.3 is 4.74 Å². The summed E-state index contributed by atoms with van der Waals surface area (Å²) in [6.07, 6.45) is 2.58. The minimum Gasteiger partial charge on any atom is -0.493 e. The number of pyridine rings is 2. The van der Waals surface area contributed by atoms with Gasteiger partial charge in [-0.05, 0) is 30.3 Å². The standard InChI is InChI=1S/C20H16N2O/c1-2-6-19-15(4-1)7-9-17(22-19)11-13-23-18-10-8-16-5-3-12-21-20(16)14-18/h1-10,12,14H,11,13H2. The molecular formula is C20H16N2O. The zero-order chi connectivity index (χ0) is 15.5. The Morgan fingerprint density at radius 2 is 1.61 bits per heavy atom. The number of benzene rings is 2. The minimum absolute atomic E-state index is 0.601. The minimum atomic E-state index is 0.601. The second-order valence-corrected chi connectivity index (χ2v) is 5.45. The van der Waals surface area contributed by atoms with Gasteiger partial charge in [0.05, 0.1) is 17.6 Å². The van der Waals surface area contributed by atoms with Crippen LogP contribution in [0.25, 0.3) is 21.8 Å². The molecule has 2 aromatic carbocycles. The van der Waals surface area contributed by atoms with Crippen molar-refractivity contribution in [2.24, 2.45) is 0 Å². The highest BCUT2D eigenvalue weighted by molar-refractivity contribution is 5.79. The van der Waals surface area contributed by atoms with Crippen molar-refractivity contribution in [1.29, 1.82) is 0 Å². The molecule has 4 aromatic rings. The molecule has 3 nitrogen and oxygen atoms in total. The second kappa shape index (κ2) is 6.05. The van der Waals surface area contributed by atoms with Crippen molar-refractivity contribution in [1.82, 2.24) is 9.97 Å². The molecule has 0 atom stereocenters. The molecule has 0 radical (unpaired) electrons. The summed E-state index contributed by atoms with van der Waals surface area (Å²) >= 11 is 0. The van der Waals surface area contributed by atoms with E-state index in [9.17, 15) is 0 Å². The molecule has 0 bridgehead atoms. The summed E-state index contributed by atoms with van der Waals surface area (Å²) in [7, 11) is 0. The smallest absolute Gasteiger partial charge is 0.121 e. The highest BCUT2D eigenvalue weighted by atomic mass is 16.5. The van der Waals surface area contributed by atoms with E-state index in [0.717, 1.165) is 39.7 Å². The van der Waals surface area contributed by atoms with Gasteiger partial charge in [-0.2, -0.15) is 0 Å². The van der Waals surface area contributed by atoms with Crippen molar-refractivity contribution in [3.63, 3.8) is 0 Å². The molecule has 4 rings (SSSR count). The van der Waals surface area contributed by atoms with Crippen LogP contribution in [0.5, 0.6) is 5.75 Å². The number of hydrogen-bond acceptors (Lipinski definition) is 3. The van der Waals surface area contributed by atoms with Crippen LogP contribution in [0.4, 0.5) is 0 Å². The maximum atomic E-state index is 5.85. The first-order valence-corrected chi connectivity index (χ1v) is 7.71. The van der Waals surface area contributed by atoms with E-state index < -0.39 is 0 Å². The third-order valence-electron chi connectivity index (χ3n) is 3.86. The van der Waals surface area contributed by atoms with Crippen LogP contribution in [0.15, 0.2) is 72.9 Å². The quantitative estimate of drug-likeness (QED) is 0.560. The van der Waals surface area contributed by atoms with Crippen LogP contribution in [0.3, 0.4) is 0 Å². The van der Waals surface area contributed by atoms with Gasteiger partial charge in [0.15, 0.2) is 0 Å². The summed E-state index contributed by atoms with van der Waals surface area (Å²) in [4.78, 5) is 9.01. The molecule has 0 spiro atoms. The van der Waals surface area contributed by atoms with Crippen LogP contribution in [0.2, 0.25) is 0 Å².